The lowest BCUT2D eigenvalue weighted by atomic mass is 9.91. The van der Waals surface area contributed by atoms with Gasteiger partial charge in [-0.2, -0.15) is 0 Å². The first-order chi connectivity index (χ1) is 6.81. The van der Waals surface area contributed by atoms with Crippen molar-refractivity contribution < 1.29 is 19.4 Å². The van der Waals surface area contributed by atoms with Gasteiger partial charge in [-0.3, -0.25) is 4.79 Å². The lowest BCUT2D eigenvalue weighted by molar-refractivity contribution is -0.163. The fraction of sp³-hybridized carbons (Fsp3) is 0.909. The Kier molecular flexibility index (Phi) is 3.73. The van der Waals surface area contributed by atoms with Crippen LogP contribution in [-0.4, -0.2) is 35.5 Å². The van der Waals surface area contributed by atoms with Crippen LogP contribution in [0.1, 0.15) is 40.0 Å². The standard InChI is InChI=1S/C11H20O4/c1-10(2,3)15-9(12)8-11(13)4-6-14-7-5-11/h13H,4-8H2,1-3H3. The molecule has 1 saturated heterocycles. The largest absolute Gasteiger partial charge is 0.460 e. The predicted octanol–water partition coefficient (Wildman–Crippen LogP) is 1.26. The van der Waals surface area contributed by atoms with Gasteiger partial charge in [0.15, 0.2) is 0 Å². The van der Waals surface area contributed by atoms with Crippen molar-refractivity contribution in [3.63, 3.8) is 0 Å². The van der Waals surface area contributed by atoms with Gasteiger partial charge in [-0.15, -0.1) is 0 Å². The van der Waals surface area contributed by atoms with Crippen LogP contribution in [0.5, 0.6) is 0 Å². The van der Waals surface area contributed by atoms with E-state index in [1.54, 1.807) is 0 Å². The zero-order valence-corrected chi connectivity index (χ0v) is 9.71. The Morgan fingerprint density at radius 2 is 1.93 bits per heavy atom. The third-order valence-electron chi connectivity index (χ3n) is 2.32. The van der Waals surface area contributed by atoms with Crippen molar-refractivity contribution in [1.82, 2.24) is 0 Å². The van der Waals surface area contributed by atoms with E-state index in [1.807, 2.05) is 20.8 Å². The third kappa shape index (κ3) is 4.62. The number of carbonyl (C=O) groups is 1. The lowest BCUT2D eigenvalue weighted by Gasteiger charge is -2.32. The zero-order valence-electron chi connectivity index (χ0n) is 9.71. The Labute approximate surface area is 90.6 Å². The van der Waals surface area contributed by atoms with E-state index in [0.29, 0.717) is 26.1 Å². The summed E-state index contributed by atoms with van der Waals surface area (Å²) in [5, 5.41) is 10.1. The molecule has 1 N–H and O–H groups in total. The molecular weight excluding hydrogens is 196 g/mol. The number of ether oxygens (including phenoxy) is 2. The number of esters is 1. The number of rotatable bonds is 2. The van der Waals surface area contributed by atoms with Crippen LogP contribution in [0, 0.1) is 0 Å². The minimum Gasteiger partial charge on any atom is -0.460 e. The van der Waals surface area contributed by atoms with Gasteiger partial charge >= 0.3 is 5.97 Å². The highest BCUT2D eigenvalue weighted by Crippen LogP contribution is 2.25. The van der Waals surface area contributed by atoms with Crippen molar-refractivity contribution in [3.05, 3.63) is 0 Å². The van der Waals surface area contributed by atoms with Crippen LogP contribution in [0.3, 0.4) is 0 Å². The van der Waals surface area contributed by atoms with Gasteiger partial charge in [0.2, 0.25) is 0 Å². The highest BCUT2D eigenvalue weighted by Gasteiger charge is 2.34. The molecule has 1 aliphatic heterocycles. The Bertz CT molecular complexity index is 223. The molecule has 1 aliphatic rings. The van der Waals surface area contributed by atoms with E-state index in [-0.39, 0.29) is 12.4 Å². The first kappa shape index (κ1) is 12.5. The average molecular weight is 216 g/mol. The van der Waals surface area contributed by atoms with E-state index in [4.69, 9.17) is 9.47 Å². The molecule has 0 aromatic heterocycles. The molecule has 0 bridgehead atoms. The second-order valence-electron chi connectivity index (χ2n) is 5.10. The number of hydrogen-bond acceptors (Lipinski definition) is 4. The van der Waals surface area contributed by atoms with Crippen LogP contribution in [0.4, 0.5) is 0 Å². The minimum absolute atomic E-state index is 0.0631. The van der Waals surface area contributed by atoms with Gasteiger partial charge in [0, 0.05) is 26.1 Å². The van der Waals surface area contributed by atoms with Crippen LogP contribution in [-0.2, 0) is 14.3 Å². The number of aliphatic hydroxyl groups is 1. The van der Waals surface area contributed by atoms with E-state index < -0.39 is 11.2 Å². The Hall–Kier alpha value is -0.610. The molecular formula is C11H20O4. The number of carbonyl (C=O) groups excluding carboxylic acids is 1. The lowest BCUT2D eigenvalue weighted by Crippen LogP contribution is -2.39. The SMILES string of the molecule is CC(C)(C)OC(=O)CC1(O)CCOCC1. The molecule has 0 aliphatic carbocycles. The fourth-order valence-electron chi connectivity index (χ4n) is 1.57. The van der Waals surface area contributed by atoms with Gasteiger partial charge in [0.25, 0.3) is 0 Å². The molecule has 0 saturated carbocycles. The normalized spacial score (nSPS) is 21.1. The summed E-state index contributed by atoms with van der Waals surface area (Å²) in [6.45, 7) is 6.48. The van der Waals surface area contributed by atoms with Gasteiger partial charge in [0.05, 0.1) is 12.0 Å². The van der Waals surface area contributed by atoms with E-state index in [0.717, 1.165) is 0 Å². The molecule has 4 nitrogen and oxygen atoms in total. The van der Waals surface area contributed by atoms with Gasteiger partial charge in [0.1, 0.15) is 5.60 Å². The molecule has 0 unspecified atom stereocenters. The quantitative estimate of drug-likeness (QED) is 0.706. The van der Waals surface area contributed by atoms with Crippen molar-refractivity contribution in [2.24, 2.45) is 0 Å². The Balaban J connectivity index is 2.42. The molecule has 0 aromatic carbocycles. The molecule has 15 heavy (non-hydrogen) atoms. The summed E-state index contributed by atoms with van der Waals surface area (Å²) in [5.74, 6) is -0.341. The highest BCUT2D eigenvalue weighted by atomic mass is 16.6. The monoisotopic (exact) mass is 216 g/mol. The van der Waals surface area contributed by atoms with Crippen LogP contribution >= 0.6 is 0 Å². The summed E-state index contributed by atoms with van der Waals surface area (Å²) in [6, 6.07) is 0. The molecule has 0 atom stereocenters. The van der Waals surface area contributed by atoms with Crippen LogP contribution in [0.2, 0.25) is 0 Å². The van der Waals surface area contributed by atoms with Gasteiger partial charge in [-0.1, -0.05) is 0 Å². The maximum Gasteiger partial charge on any atom is 0.309 e. The van der Waals surface area contributed by atoms with Crippen molar-refractivity contribution in [2.75, 3.05) is 13.2 Å². The third-order valence-corrected chi connectivity index (χ3v) is 2.32. The van der Waals surface area contributed by atoms with Crippen LogP contribution < -0.4 is 0 Å². The minimum atomic E-state index is -0.930. The zero-order chi connectivity index (χ0) is 11.5. The van der Waals surface area contributed by atoms with Crippen LogP contribution in [0.15, 0.2) is 0 Å². The maximum atomic E-state index is 11.5. The van der Waals surface area contributed by atoms with Gasteiger partial charge in [-0.25, -0.2) is 0 Å². The second kappa shape index (κ2) is 4.49. The summed E-state index contributed by atoms with van der Waals surface area (Å²) >= 11 is 0. The molecule has 1 heterocycles. The molecule has 0 aromatic rings. The molecule has 0 radical (unpaired) electrons. The van der Waals surface area contributed by atoms with E-state index in [2.05, 4.69) is 0 Å². The van der Waals surface area contributed by atoms with Crippen molar-refractivity contribution >= 4 is 5.97 Å². The van der Waals surface area contributed by atoms with Gasteiger partial charge < -0.3 is 14.6 Å². The smallest absolute Gasteiger partial charge is 0.309 e. The topological polar surface area (TPSA) is 55.8 Å². The molecule has 0 amide bonds. The summed E-state index contributed by atoms with van der Waals surface area (Å²) in [7, 11) is 0. The van der Waals surface area contributed by atoms with Crippen molar-refractivity contribution in [2.45, 2.75) is 51.2 Å². The van der Waals surface area contributed by atoms with E-state index >= 15 is 0 Å². The first-order valence-corrected chi connectivity index (χ1v) is 5.33. The van der Waals surface area contributed by atoms with Crippen molar-refractivity contribution in [1.29, 1.82) is 0 Å². The van der Waals surface area contributed by atoms with E-state index in [9.17, 15) is 9.90 Å². The van der Waals surface area contributed by atoms with Gasteiger partial charge in [-0.05, 0) is 20.8 Å². The van der Waals surface area contributed by atoms with Crippen molar-refractivity contribution in [3.8, 4) is 0 Å². The summed E-state index contributed by atoms with van der Waals surface area (Å²) in [4.78, 5) is 11.5. The second-order valence-corrected chi connectivity index (χ2v) is 5.10. The summed E-state index contributed by atoms with van der Waals surface area (Å²) < 4.78 is 10.3. The Morgan fingerprint density at radius 1 is 1.40 bits per heavy atom. The van der Waals surface area contributed by atoms with Crippen LogP contribution in [0.25, 0.3) is 0 Å². The summed E-state index contributed by atoms with van der Waals surface area (Å²) in [5.41, 5.74) is -1.42. The highest BCUT2D eigenvalue weighted by molar-refractivity contribution is 5.71. The molecule has 0 spiro atoms. The Morgan fingerprint density at radius 3 is 2.40 bits per heavy atom. The molecule has 1 rings (SSSR count). The predicted molar refractivity (Wildman–Crippen MR) is 55.5 cm³/mol. The molecule has 1 fully saturated rings. The number of hydrogen-bond donors (Lipinski definition) is 1. The molecule has 88 valence electrons. The molecule has 4 heteroatoms. The van der Waals surface area contributed by atoms with E-state index in [1.165, 1.54) is 0 Å². The maximum absolute atomic E-state index is 11.5. The first-order valence-electron chi connectivity index (χ1n) is 5.33. The fourth-order valence-corrected chi connectivity index (χ4v) is 1.57. The average Bonchev–Trinajstić information content (AvgIpc) is 1.99. The summed E-state index contributed by atoms with van der Waals surface area (Å²) in [6.07, 6.45) is 1.08.